The number of hydrogen-bond donors (Lipinski definition) is 2. The fraction of sp³-hybridized carbons (Fsp3) is 0.310. The molecule has 0 atom stereocenters. The van der Waals surface area contributed by atoms with Crippen LogP contribution < -0.4 is 0 Å². The van der Waals surface area contributed by atoms with Crippen LogP contribution in [0.5, 0.6) is 0 Å². The van der Waals surface area contributed by atoms with Gasteiger partial charge >= 0.3 is 11.9 Å². The summed E-state index contributed by atoms with van der Waals surface area (Å²) in [7, 11) is 0. The van der Waals surface area contributed by atoms with Crippen LogP contribution in [0.15, 0.2) is 48.5 Å². The first-order valence-electron chi connectivity index (χ1n) is 11.4. The van der Waals surface area contributed by atoms with Crippen molar-refractivity contribution in [1.29, 1.82) is 0 Å². The molecule has 3 aromatic carbocycles. The third kappa shape index (κ3) is 4.85. The summed E-state index contributed by atoms with van der Waals surface area (Å²) >= 11 is 0. The van der Waals surface area contributed by atoms with E-state index in [9.17, 15) is 19.8 Å². The first-order valence-corrected chi connectivity index (χ1v) is 11.4. The van der Waals surface area contributed by atoms with Crippen molar-refractivity contribution in [3.8, 4) is 22.3 Å². The summed E-state index contributed by atoms with van der Waals surface area (Å²) < 4.78 is 0. The maximum absolute atomic E-state index is 12.2. The zero-order chi connectivity index (χ0) is 24.5. The van der Waals surface area contributed by atoms with Crippen LogP contribution in [-0.4, -0.2) is 22.2 Å². The second-order valence-corrected chi connectivity index (χ2v) is 9.54. The average Bonchev–Trinajstić information content (AvgIpc) is 2.76. The summed E-state index contributed by atoms with van der Waals surface area (Å²) in [5.41, 5.74) is 7.07. The van der Waals surface area contributed by atoms with Crippen LogP contribution in [-0.2, 0) is 18.3 Å². The van der Waals surface area contributed by atoms with E-state index in [0.717, 1.165) is 46.2 Å². The highest BCUT2D eigenvalue weighted by molar-refractivity contribution is 6.03. The van der Waals surface area contributed by atoms with Gasteiger partial charge in [-0.3, -0.25) is 0 Å². The molecule has 0 heterocycles. The monoisotopic (exact) mass is 444 g/mol. The van der Waals surface area contributed by atoms with Gasteiger partial charge < -0.3 is 10.2 Å². The molecule has 0 radical (unpaired) electrons. The molecule has 0 aliphatic heterocycles. The highest BCUT2D eigenvalue weighted by Gasteiger charge is 2.24. The van der Waals surface area contributed by atoms with E-state index in [1.807, 2.05) is 51.1 Å². The minimum Gasteiger partial charge on any atom is -0.478 e. The molecule has 2 N–H and O–H groups in total. The summed E-state index contributed by atoms with van der Waals surface area (Å²) in [5.74, 6) is -2.00. The zero-order valence-electron chi connectivity index (χ0n) is 20.2. The second-order valence-electron chi connectivity index (χ2n) is 9.54. The predicted octanol–water partition coefficient (Wildman–Crippen LogP) is 7.15. The van der Waals surface area contributed by atoms with Gasteiger partial charge in [0.2, 0.25) is 0 Å². The number of carboxylic acids is 2. The van der Waals surface area contributed by atoms with Gasteiger partial charge in [0.05, 0.1) is 11.1 Å². The topological polar surface area (TPSA) is 74.6 Å². The van der Waals surface area contributed by atoms with Gasteiger partial charge in [-0.15, -0.1) is 0 Å². The van der Waals surface area contributed by atoms with Crippen molar-refractivity contribution in [2.75, 3.05) is 0 Å². The molecule has 0 amide bonds. The summed E-state index contributed by atoms with van der Waals surface area (Å²) in [6, 6.07) is 15.0. The Morgan fingerprint density at radius 3 is 1.67 bits per heavy atom. The number of aryl methyl sites for hydroxylation is 3. The smallest absolute Gasteiger partial charge is 0.336 e. The number of carbonyl (C=O) groups is 2. The van der Waals surface area contributed by atoms with E-state index in [1.165, 1.54) is 0 Å². The molecule has 0 fully saturated rings. The molecule has 3 rings (SSSR count). The van der Waals surface area contributed by atoms with Crippen LogP contribution in [0, 0.1) is 6.92 Å². The first-order chi connectivity index (χ1) is 15.5. The van der Waals surface area contributed by atoms with Gasteiger partial charge in [-0.1, -0.05) is 65.0 Å². The maximum atomic E-state index is 12.2. The van der Waals surface area contributed by atoms with Crippen molar-refractivity contribution in [1.82, 2.24) is 0 Å². The lowest BCUT2D eigenvalue weighted by atomic mass is 9.79. The Bertz CT molecular complexity index is 1230. The maximum Gasteiger partial charge on any atom is 0.336 e. The molecule has 172 valence electrons. The average molecular weight is 445 g/mol. The van der Waals surface area contributed by atoms with Gasteiger partial charge in [0, 0.05) is 0 Å². The molecule has 0 spiro atoms. The molecule has 0 saturated heterocycles. The lowest BCUT2D eigenvalue weighted by molar-refractivity contribution is 0.0686. The van der Waals surface area contributed by atoms with Gasteiger partial charge in [-0.25, -0.2) is 9.59 Å². The zero-order valence-corrected chi connectivity index (χ0v) is 20.2. The first kappa shape index (κ1) is 24.2. The Hall–Kier alpha value is -3.40. The van der Waals surface area contributed by atoms with Crippen molar-refractivity contribution in [3.05, 3.63) is 81.9 Å². The lowest BCUT2D eigenvalue weighted by Crippen LogP contribution is -2.13. The van der Waals surface area contributed by atoms with Crippen LogP contribution >= 0.6 is 0 Å². The SMILES string of the molecule is CCc1ccc(C(=O)O)c(-c2cc(C(C)(C)C)cc(C)c2-c2cc(CC)ccc2C(=O)O)c1. The van der Waals surface area contributed by atoms with Gasteiger partial charge in [-0.05, 0) is 87.9 Å². The van der Waals surface area contributed by atoms with Crippen molar-refractivity contribution in [2.45, 2.75) is 59.8 Å². The number of hydrogen-bond acceptors (Lipinski definition) is 2. The van der Waals surface area contributed by atoms with Gasteiger partial charge in [0.15, 0.2) is 0 Å². The molecule has 0 unspecified atom stereocenters. The molecule has 4 heteroatoms. The summed E-state index contributed by atoms with van der Waals surface area (Å²) in [4.78, 5) is 24.4. The van der Waals surface area contributed by atoms with Crippen molar-refractivity contribution in [2.24, 2.45) is 0 Å². The minimum absolute atomic E-state index is 0.162. The Morgan fingerprint density at radius 1 is 0.727 bits per heavy atom. The van der Waals surface area contributed by atoms with Crippen LogP contribution in [0.1, 0.15) is 77.6 Å². The predicted molar refractivity (Wildman–Crippen MR) is 133 cm³/mol. The Labute approximate surface area is 195 Å². The van der Waals surface area contributed by atoms with Gasteiger partial charge in [0.25, 0.3) is 0 Å². The van der Waals surface area contributed by atoms with Crippen LogP contribution in [0.2, 0.25) is 0 Å². The fourth-order valence-electron chi connectivity index (χ4n) is 4.22. The summed E-state index contributed by atoms with van der Waals surface area (Å²) in [6.45, 7) is 12.4. The van der Waals surface area contributed by atoms with E-state index in [1.54, 1.807) is 12.1 Å². The molecule has 0 aromatic heterocycles. The van der Waals surface area contributed by atoms with Crippen LogP contribution in [0.25, 0.3) is 22.3 Å². The number of carboxylic acid groups (broad SMARTS) is 2. The fourth-order valence-corrected chi connectivity index (χ4v) is 4.22. The third-order valence-electron chi connectivity index (χ3n) is 6.21. The number of rotatable bonds is 6. The highest BCUT2D eigenvalue weighted by Crippen LogP contribution is 2.42. The normalized spacial score (nSPS) is 11.5. The van der Waals surface area contributed by atoms with E-state index >= 15 is 0 Å². The van der Waals surface area contributed by atoms with Gasteiger partial charge in [0.1, 0.15) is 0 Å². The van der Waals surface area contributed by atoms with Crippen LogP contribution in [0.4, 0.5) is 0 Å². The van der Waals surface area contributed by atoms with Crippen molar-refractivity contribution < 1.29 is 19.8 Å². The molecule has 3 aromatic rings. The van der Waals surface area contributed by atoms with E-state index < -0.39 is 11.9 Å². The molecular formula is C29H32O4. The molecular weight excluding hydrogens is 412 g/mol. The minimum atomic E-state index is -1.00. The van der Waals surface area contributed by atoms with Crippen molar-refractivity contribution >= 4 is 11.9 Å². The standard InChI is InChI=1S/C29H32O4/c1-7-18-9-11-21(27(30)31)23(14-18)25-16-20(29(4,5)6)13-17(3)26(25)24-15-19(8-2)10-12-22(24)28(32)33/h9-16H,7-8H2,1-6H3,(H,30,31)(H,32,33). The second kappa shape index (κ2) is 9.22. The Kier molecular flexibility index (Phi) is 6.78. The van der Waals surface area contributed by atoms with Crippen molar-refractivity contribution in [3.63, 3.8) is 0 Å². The molecule has 0 saturated carbocycles. The number of benzene rings is 3. The lowest BCUT2D eigenvalue weighted by Gasteiger charge is -2.25. The van der Waals surface area contributed by atoms with E-state index in [0.29, 0.717) is 11.1 Å². The molecule has 33 heavy (non-hydrogen) atoms. The third-order valence-corrected chi connectivity index (χ3v) is 6.21. The molecule has 0 bridgehead atoms. The molecule has 0 aliphatic rings. The highest BCUT2D eigenvalue weighted by atomic mass is 16.4. The summed E-state index contributed by atoms with van der Waals surface area (Å²) in [6.07, 6.45) is 1.54. The Morgan fingerprint density at radius 2 is 1.21 bits per heavy atom. The van der Waals surface area contributed by atoms with E-state index in [2.05, 4.69) is 26.8 Å². The number of aromatic carboxylic acids is 2. The van der Waals surface area contributed by atoms with E-state index in [4.69, 9.17) is 0 Å². The molecule has 0 aliphatic carbocycles. The largest absolute Gasteiger partial charge is 0.478 e. The Balaban J connectivity index is 2.52. The van der Waals surface area contributed by atoms with E-state index in [-0.39, 0.29) is 16.5 Å². The van der Waals surface area contributed by atoms with Crippen LogP contribution in [0.3, 0.4) is 0 Å². The molecule has 4 nitrogen and oxygen atoms in total. The quantitative estimate of drug-likeness (QED) is 0.423. The summed E-state index contributed by atoms with van der Waals surface area (Å²) in [5, 5.41) is 19.9. The van der Waals surface area contributed by atoms with Gasteiger partial charge in [-0.2, -0.15) is 0 Å².